The minimum atomic E-state index is -0.539. The van der Waals surface area contributed by atoms with Crippen LogP contribution in [0.5, 0.6) is 5.75 Å². The van der Waals surface area contributed by atoms with Crippen LogP contribution in [0.2, 0.25) is 10.0 Å². The van der Waals surface area contributed by atoms with Gasteiger partial charge in [-0.15, -0.1) is 0 Å². The van der Waals surface area contributed by atoms with Crippen LogP contribution in [0.25, 0.3) is 5.57 Å². The zero-order valence-corrected chi connectivity index (χ0v) is 16.7. The summed E-state index contributed by atoms with van der Waals surface area (Å²) in [6, 6.07) is 1.81. The minimum absolute atomic E-state index is 0.0437. The first kappa shape index (κ1) is 20.2. The van der Waals surface area contributed by atoms with Gasteiger partial charge in [0.2, 0.25) is 0 Å². The van der Waals surface area contributed by atoms with Gasteiger partial charge in [0.05, 0.1) is 11.6 Å². The minimum Gasteiger partial charge on any atom is -0.480 e. The van der Waals surface area contributed by atoms with E-state index in [1.165, 1.54) is 0 Å². The van der Waals surface area contributed by atoms with Crippen LogP contribution in [0.3, 0.4) is 0 Å². The van der Waals surface area contributed by atoms with Gasteiger partial charge in [0.25, 0.3) is 0 Å². The number of fused-ring (bicyclic) bond motifs is 3. The Kier molecular flexibility index (Phi) is 6.14. The Morgan fingerprint density at radius 3 is 2.81 bits per heavy atom. The van der Waals surface area contributed by atoms with Gasteiger partial charge < -0.3 is 14.6 Å². The number of hydrogen-bond acceptors (Lipinski definition) is 5. The third-order valence-electron chi connectivity index (χ3n) is 5.37. The molecule has 27 heavy (non-hydrogen) atoms. The van der Waals surface area contributed by atoms with Crippen LogP contribution in [-0.2, 0) is 20.7 Å². The molecule has 1 N–H and O–H groups in total. The molecule has 0 saturated carbocycles. The Morgan fingerprint density at radius 1 is 1.33 bits per heavy atom. The van der Waals surface area contributed by atoms with Crippen molar-refractivity contribution in [3.8, 4) is 5.75 Å². The largest absolute Gasteiger partial charge is 0.480 e. The molecule has 0 heterocycles. The second-order valence-corrected chi connectivity index (χ2v) is 7.71. The normalized spacial score (nSPS) is 20.7. The van der Waals surface area contributed by atoms with Gasteiger partial charge in [0.1, 0.15) is 10.8 Å². The van der Waals surface area contributed by atoms with Crippen molar-refractivity contribution in [3.63, 3.8) is 0 Å². The molecule has 2 aliphatic rings. The van der Waals surface area contributed by atoms with Gasteiger partial charge >= 0.3 is 5.97 Å². The first-order chi connectivity index (χ1) is 12.9. The van der Waals surface area contributed by atoms with Crippen LogP contribution in [0.1, 0.15) is 43.7 Å². The van der Waals surface area contributed by atoms with Gasteiger partial charge in [-0.1, -0.05) is 30.1 Å². The van der Waals surface area contributed by atoms with E-state index in [-0.39, 0.29) is 36.0 Å². The molecule has 1 aromatic rings. The Labute approximate surface area is 168 Å². The van der Waals surface area contributed by atoms with Gasteiger partial charge in [-0.2, -0.15) is 0 Å². The highest BCUT2D eigenvalue weighted by Crippen LogP contribution is 2.57. The number of ketones is 1. The van der Waals surface area contributed by atoms with E-state index in [4.69, 9.17) is 37.8 Å². The number of allylic oxidation sites excluding steroid dienone is 2. The fourth-order valence-electron chi connectivity index (χ4n) is 3.88. The van der Waals surface area contributed by atoms with Crippen molar-refractivity contribution in [3.05, 3.63) is 33.3 Å². The van der Waals surface area contributed by atoms with Gasteiger partial charge in [-0.3, -0.25) is 4.79 Å². The SMILES string of the molecule is CCC12CCC(=O)C=C1c1c(cc(OCC(=O)OCCCO)c(Cl)c1Cl)C2. The predicted octanol–water partition coefficient (Wildman–Crippen LogP) is 4.00. The highest BCUT2D eigenvalue weighted by Gasteiger charge is 2.44. The Bertz CT molecular complexity index is 802. The van der Waals surface area contributed by atoms with Crippen molar-refractivity contribution in [2.24, 2.45) is 5.41 Å². The molecule has 0 spiro atoms. The molecule has 3 rings (SSSR count). The maximum atomic E-state index is 12.0. The van der Waals surface area contributed by atoms with Gasteiger partial charge in [0.15, 0.2) is 12.4 Å². The summed E-state index contributed by atoms with van der Waals surface area (Å²) in [5.74, 6) is -0.0976. The molecule has 0 fully saturated rings. The van der Waals surface area contributed by atoms with Crippen molar-refractivity contribution in [2.45, 2.75) is 39.0 Å². The summed E-state index contributed by atoms with van der Waals surface area (Å²) in [5, 5.41) is 9.29. The summed E-state index contributed by atoms with van der Waals surface area (Å²) >= 11 is 12.9. The van der Waals surface area contributed by atoms with Crippen LogP contribution >= 0.6 is 23.2 Å². The quantitative estimate of drug-likeness (QED) is 0.541. The highest BCUT2D eigenvalue weighted by atomic mass is 35.5. The molecule has 0 radical (unpaired) electrons. The number of benzene rings is 1. The number of halogens is 2. The van der Waals surface area contributed by atoms with E-state index >= 15 is 0 Å². The van der Waals surface area contributed by atoms with Crippen LogP contribution < -0.4 is 4.74 Å². The molecular weight excluding hydrogens is 391 g/mol. The maximum Gasteiger partial charge on any atom is 0.344 e. The highest BCUT2D eigenvalue weighted by molar-refractivity contribution is 6.44. The Balaban J connectivity index is 1.84. The summed E-state index contributed by atoms with van der Waals surface area (Å²) in [6.07, 6.45) is 5.10. The number of esters is 1. The number of rotatable bonds is 7. The van der Waals surface area contributed by atoms with Crippen molar-refractivity contribution >= 4 is 40.5 Å². The number of carbonyl (C=O) groups excluding carboxylic acids is 2. The topological polar surface area (TPSA) is 72.8 Å². The molecule has 0 aliphatic heterocycles. The molecule has 0 saturated heterocycles. The molecule has 7 heteroatoms. The van der Waals surface area contributed by atoms with Crippen LogP contribution in [-0.4, -0.2) is 36.7 Å². The van der Waals surface area contributed by atoms with Crippen LogP contribution in [0.4, 0.5) is 0 Å². The maximum absolute atomic E-state index is 12.0. The zero-order valence-electron chi connectivity index (χ0n) is 15.1. The van der Waals surface area contributed by atoms with Crippen molar-refractivity contribution in [1.29, 1.82) is 0 Å². The second-order valence-electron chi connectivity index (χ2n) is 6.96. The lowest BCUT2D eigenvalue weighted by Gasteiger charge is -2.32. The predicted molar refractivity (Wildman–Crippen MR) is 103 cm³/mol. The van der Waals surface area contributed by atoms with Crippen molar-refractivity contribution in [2.75, 3.05) is 19.8 Å². The number of aliphatic hydroxyl groups excluding tert-OH is 1. The lowest BCUT2D eigenvalue weighted by atomic mass is 9.71. The lowest BCUT2D eigenvalue weighted by molar-refractivity contribution is -0.146. The van der Waals surface area contributed by atoms with E-state index < -0.39 is 5.97 Å². The molecular formula is C20H22Cl2O5. The molecule has 5 nitrogen and oxygen atoms in total. The smallest absolute Gasteiger partial charge is 0.344 e. The fourth-order valence-corrected chi connectivity index (χ4v) is 4.40. The molecule has 1 unspecified atom stereocenters. The summed E-state index contributed by atoms with van der Waals surface area (Å²) in [4.78, 5) is 23.7. The Hall–Kier alpha value is -1.56. The lowest BCUT2D eigenvalue weighted by Crippen LogP contribution is -2.24. The number of carbonyl (C=O) groups is 2. The van der Waals surface area contributed by atoms with Gasteiger partial charge in [0, 0.05) is 30.4 Å². The number of aliphatic hydroxyl groups is 1. The van der Waals surface area contributed by atoms with E-state index in [1.54, 1.807) is 6.08 Å². The van der Waals surface area contributed by atoms with E-state index in [0.717, 1.165) is 36.0 Å². The average molecular weight is 413 g/mol. The first-order valence-electron chi connectivity index (χ1n) is 9.07. The molecule has 2 aliphatic carbocycles. The third-order valence-corrected chi connectivity index (χ3v) is 6.22. The Morgan fingerprint density at radius 2 is 2.11 bits per heavy atom. The first-order valence-corrected chi connectivity index (χ1v) is 9.83. The zero-order chi connectivity index (χ0) is 19.6. The van der Waals surface area contributed by atoms with Crippen LogP contribution in [0, 0.1) is 5.41 Å². The van der Waals surface area contributed by atoms with Gasteiger partial charge in [-0.25, -0.2) is 4.79 Å². The summed E-state index contributed by atoms with van der Waals surface area (Å²) in [7, 11) is 0. The second kappa shape index (κ2) is 8.21. The number of hydrogen-bond donors (Lipinski definition) is 1. The standard InChI is InChI=1S/C20H22Cl2O5/c1-2-20-5-4-13(24)9-14(20)17-12(10-20)8-15(18(21)19(17)22)27-11-16(25)26-7-3-6-23/h8-9,23H,2-7,10-11H2,1H3. The van der Waals surface area contributed by atoms with E-state index in [9.17, 15) is 9.59 Å². The van der Waals surface area contributed by atoms with E-state index in [0.29, 0.717) is 23.6 Å². The summed E-state index contributed by atoms with van der Waals surface area (Å²) < 4.78 is 10.5. The molecule has 1 atom stereocenters. The van der Waals surface area contributed by atoms with E-state index in [2.05, 4.69) is 6.92 Å². The average Bonchev–Trinajstić information content (AvgIpc) is 2.98. The van der Waals surface area contributed by atoms with Crippen molar-refractivity contribution in [1.82, 2.24) is 0 Å². The van der Waals surface area contributed by atoms with E-state index in [1.807, 2.05) is 6.07 Å². The fraction of sp³-hybridized carbons (Fsp3) is 0.500. The van der Waals surface area contributed by atoms with Gasteiger partial charge in [-0.05, 0) is 42.5 Å². The molecule has 1 aromatic carbocycles. The molecule has 0 bridgehead atoms. The number of ether oxygens (including phenoxy) is 2. The molecule has 146 valence electrons. The summed E-state index contributed by atoms with van der Waals surface area (Å²) in [6.45, 7) is 1.92. The third kappa shape index (κ3) is 3.86. The summed E-state index contributed by atoms with van der Waals surface area (Å²) in [5.41, 5.74) is 2.69. The van der Waals surface area contributed by atoms with Crippen molar-refractivity contribution < 1.29 is 24.2 Å². The monoisotopic (exact) mass is 412 g/mol. The van der Waals surface area contributed by atoms with Crippen LogP contribution in [0.15, 0.2) is 12.1 Å². The molecule has 0 aromatic heterocycles. The molecule has 0 amide bonds.